The summed E-state index contributed by atoms with van der Waals surface area (Å²) in [5.41, 5.74) is 1.17. The van der Waals surface area contributed by atoms with Gasteiger partial charge in [0.2, 0.25) is 0 Å². The highest BCUT2D eigenvalue weighted by Gasteiger charge is 2.28. The van der Waals surface area contributed by atoms with Crippen molar-refractivity contribution in [1.29, 1.82) is 0 Å². The first-order valence-electron chi connectivity index (χ1n) is 8.35. The third kappa shape index (κ3) is 3.22. The van der Waals surface area contributed by atoms with Crippen LogP contribution in [0.1, 0.15) is 12.8 Å². The first-order valence-corrected chi connectivity index (χ1v) is 10.4. The summed E-state index contributed by atoms with van der Waals surface area (Å²) in [4.78, 5) is 11.4. The highest BCUT2D eigenvalue weighted by atomic mass is 32.2. The Hall–Kier alpha value is -0.820. The lowest BCUT2D eigenvalue weighted by Gasteiger charge is -2.40. The molecule has 1 aromatic carbocycles. The Balaban J connectivity index is 1.55. The quantitative estimate of drug-likeness (QED) is 0.793. The molecule has 3 heterocycles. The van der Waals surface area contributed by atoms with Crippen molar-refractivity contribution in [3.63, 3.8) is 0 Å². The van der Waals surface area contributed by atoms with E-state index in [1.807, 2.05) is 11.3 Å². The molecular formula is C17H23N3OS2. The summed E-state index contributed by atoms with van der Waals surface area (Å²) >= 11 is 3.63. The number of hydrogen-bond donors (Lipinski definition) is 0. The van der Waals surface area contributed by atoms with Gasteiger partial charge < -0.3 is 9.64 Å². The molecule has 4 nitrogen and oxygen atoms in total. The predicted molar refractivity (Wildman–Crippen MR) is 99.0 cm³/mol. The number of aromatic nitrogens is 1. The molecule has 0 N–H and O–H groups in total. The Morgan fingerprint density at radius 3 is 2.96 bits per heavy atom. The molecule has 0 saturated carbocycles. The van der Waals surface area contributed by atoms with Crippen LogP contribution in [0.15, 0.2) is 23.1 Å². The lowest BCUT2D eigenvalue weighted by molar-refractivity contribution is 0.0137. The van der Waals surface area contributed by atoms with E-state index < -0.39 is 0 Å². The fourth-order valence-electron chi connectivity index (χ4n) is 3.58. The number of rotatable bonds is 3. The molecule has 6 heteroatoms. The molecule has 2 aromatic rings. The van der Waals surface area contributed by atoms with E-state index in [2.05, 4.69) is 34.3 Å². The molecular weight excluding hydrogens is 326 g/mol. The average molecular weight is 350 g/mol. The number of hydrogen-bond acceptors (Lipinski definition) is 6. The van der Waals surface area contributed by atoms with Gasteiger partial charge in [-0.05, 0) is 31.2 Å². The number of thioether (sulfide) groups is 1. The van der Waals surface area contributed by atoms with E-state index in [1.54, 1.807) is 11.8 Å². The van der Waals surface area contributed by atoms with Crippen molar-refractivity contribution in [2.45, 2.75) is 23.8 Å². The molecule has 0 amide bonds. The van der Waals surface area contributed by atoms with Crippen molar-refractivity contribution >= 4 is 38.4 Å². The van der Waals surface area contributed by atoms with Crippen LogP contribution in [0.5, 0.6) is 0 Å². The minimum Gasteiger partial charge on any atom is -0.379 e. The Kier molecular flexibility index (Phi) is 4.76. The summed E-state index contributed by atoms with van der Waals surface area (Å²) in [6, 6.07) is 7.16. The summed E-state index contributed by atoms with van der Waals surface area (Å²) in [6.45, 7) is 6.16. The zero-order valence-corrected chi connectivity index (χ0v) is 15.2. The molecule has 0 bridgehead atoms. The number of morpholine rings is 1. The normalized spacial score (nSPS) is 23.5. The zero-order valence-electron chi connectivity index (χ0n) is 13.5. The van der Waals surface area contributed by atoms with Crippen molar-refractivity contribution in [3.05, 3.63) is 18.2 Å². The summed E-state index contributed by atoms with van der Waals surface area (Å²) in [6.07, 6.45) is 4.69. The molecule has 124 valence electrons. The van der Waals surface area contributed by atoms with Gasteiger partial charge in [0.15, 0.2) is 5.13 Å². The molecule has 1 unspecified atom stereocenters. The van der Waals surface area contributed by atoms with Gasteiger partial charge >= 0.3 is 0 Å². The highest BCUT2D eigenvalue weighted by Crippen LogP contribution is 2.35. The SMILES string of the molecule is CSc1cccc2sc(N3CCCC(N4CCOCC4)C3)nc12. The molecule has 0 radical (unpaired) electrons. The van der Waals surface area contributed by atoms with Crippen LogP contribution in [-0.2, 0) is 4.74 Å². The van der Waals surface area contributed by atoms with Crippen molar-refractivity contribution in [3.8, 4) is 0 Å². The van der Waals surface area contributed by atoms with Crippen LogP contribution in [0.2, 0.25) is 0 Å². The van der Waals surface area contributed by atoms with Crippen LogP contribution in [-0.4, -0.2) is 61.6 Å². The van der Waals surface area contributed by atoms with E-state index in [0.29, 0.717) is 6.04 Å². The largest absolute Gasteiger partial charge is 0.379 e. The van der Waals surface area contributed by atoms with Gasteiger partial charge in [-0.15, -0.1) is 11.8 Å². The summed E-state index contributed by atoms with van der Waals surface area (Å²) in [5, 5.41) is 1.19. The second-order valence-electron chi connectivity index (χ2n) is 6.19. The summed E-state index contributed by atoms with van der Waals surface area (Å²) < 4.78 is 6.81. The van der Waals surface area contributed by atoms with E-state index >= 15 is 0 Å². The minimum absolute atomic E-state index is 0.652. The van der Waals surface area contributed by atoms with Crippen LogP contribution in [0.3, 0.4) is 0 Å². The van der Waals surface area contributed by atoms with Crippen molar-refractivity contribution in [1.82, 2.24) is 9.88 Å². The fourth-order valence-corrected chi connectivity index (χ4v) is 5.24. The third-order valence-electron chi connectivity index (χ3n) is 4.82. The van der Waals surface area contributed by atoms with E-state index in [1.165, 1.54) is 33.1 Å². The number of ether oxygens (including phenoxy) is 1. The topological polar surface area (TPSA) is 28.6 Å². The van der Waals surface area contributed by atoms with Gasteiger partial charge in [0.1, 0.15) is 0 Å². The van der Waals surface area contributed by atoms with Crippen LogP contribution in [0.25, 0.3) is 10.2 Å². The molecule has 23 heavy (non-hydrogen) atoms. The van der Waals surface area contributed by atoms with E-state index in [0.717, 1.165) is 39.4 Å². The number of piperidine rings is 1. The number of benzene rings is 1. The van der Waals surface area contributed by atoms with Gasteiger partial charge in [-0.1, -0.05) is 17.4 Å². The first kappa shape index (κ1) is 15.7. The maximum absolute atomic E-state index is 5.50. The Morgan fingerprint density at radius 1 is 1.26 bits per heavy atom. The molecule has 4 rings (SSSR count). The van der Waals surface area contributed by atoms with Gasteiger partial charge in [-0.25, -0.2) is 4.98 Å². The van der Waals surface area contributed by atoms with Gasteiger partial charge in [-0.3, -0.25) is 4.90 Å². The molecule has 2 saturated heterocycles. The van der Waals surface area contributed by atoms with Crippen molar-refractivity contribution < 1.29 is 4.74 Å². The Labute approximate surface area is 145 Å². The van der Waals surface area contributed by atoms with Gasteiger partial charge in [0.25, 0.3) is 0 Å². The van der Waals surface area contributed by atoms with Gasteiger partial charge in [-0.2, -0.15) is 0 Å². The lowest BCUT2D eigenvalue weighted by atomic mass is 10.0. The predicted octanol–water partition coefficient (Wildman–Crippen LogP) is 3.32. The number of nitrogens with zero attached hydrogens (tertiary/aromatic N) is 3. The number of fused-ring (bicyclic) bond motifs is 1. The number of thiazole rings is 1. The lowest BCUT2D eigenvalue weighted by Crippen LogP contribution is -2.51. The van der Waals surface area contributed by atoms with Gasteiger partial charge in [0, 0.05) is 37.1 Å². The molecule has 1 atom stereocenters. The molecule has 0 spiro atoms. The summed E-state index contributed by atoms with van der Waals surface area (Å²) in [7, 11) is 0. The second kappa shape index (κ2) is 6.97. The minimum atomic E-state index is 0.652. The van der Waals surface area contributed by atoms with Crippen LogP contribution < -0.4 is 4.90 Å². The van der Waals surface area contributed by atoms with E-state index in [4.69, 9.17) is 9.72 Å². The Morgan fingerprint density at radius 2 is 2.13 bits per heavy atom. The molecule has 2 fully saturated rings. The van der Waals surface area contributed by atoms with Gasteiger partial charge in [0.05, 0.1) is 23.4 Å². The molecule has 1 aromatic heterocycles. The van der Waals surface area contributed by atoms with Crippen molar-refractivity contribution in [2.75, 3.05) is 50.5 Å². The maximum atomic E-state index is 5.50. The molecule has 0 aliphatic carbocycles. The second-order valence-corrected chi connectivity index (χ2v) is 8.05. The van der Waals surface area contributed by atoms with Crippen LogP contribution >= 0.6 is 23.1 Å². The van der Waals surface area contributed by atoms with E-state index in [-0.39, 0.29) is 0 Å². The smallest absolute Gasteiger partial charge is 0.186 e. The number of para-hydroxylation sites is 1. The zero-order chi connectivity index (χ0) is 15.6. The third-order valence-corrected chi connectivity index (χ3v) is 6.67. The fraction of sp³-hybridized carbons (Fsp3) is 0.588. The highest BCUT2D eigenvalue weighted by molar-refractivity contribution is 7.98. The number of anilines is 1. The monoisotopic (exact) mass is 349 g/mol. The Bertz CT molecular complexity index is 669. The maximum Gasteiger partial charge on any atom is 0.186 e. The molecule has 2 aliphatic heterocycles. The standard InChI is InChI=1S/C17H23N3OS2/c1-22-14-5-2-6-15-16(14)18-17(23-15)20-7-3-4-13(12-20)19-8-10-21-11-9-19/h2,5-6,13H,3-4,7-12H2,1H3. The average Bonchev–Trinajstić information content (AvgIpc) is 3.07. The first-order chi connectivity index (χ1) is 11.3. The van der Waals surface area contributed by atoms with E-state index in [9.17, 15) is 0 Å². The molecule has 2 aliphatic rings. The van der Waals surface area contributed by atoms with Crippen molar-refractivity contribution in [2.24, 2.45) is 0 Å². The van der Waals surface area contributed by atoms with Crippen LogP contribution in [0.4, 0.5) is 5.13 Å². The summed E-state index contributed by atoms with van der Waals surface area (Å²) in [5.74, 6) is 0. The van der Waals surface area contributed by atoms with Crippen LogP contribution in [0, 0.1) is 0 Å².